The number of unbranched alkanes of at least 4 members (excludes halogenated alkanes) is 1. The van der Waals surface area contributed by atoms with Crippen LogP contribution < -0.4 is 10.6 Å². The van der Waals surface area contributed by atoms with Crippen LogP contribution in [0.5, 0.6) is 0 Å². The Morgan fingerprint density at radius 3 is 2.46 bits per heavy atom. The number of nitrogens with one attached hydrogen (secondary N) is 2. The molecule has 7 heteroatoms. The van der Waals surface area contributed by atoms with Gasteiger partial charge in [-0.1, -0.05) is 0 Å². The Morgan fingerprint density at radius 1 is 1.04 bits per heavy atom. The summed E-state index contributed by atoms with van der Waals surface area (Å²) in [7, 11) is 2.21. The van der Waals surface area contributed by atoms with Gasteiger partial charge in [-0.25, -0.2) is 0 Å². The van der Waals surface area contributed by atoms with E-state index in [0.717, 1.165) is 45.2 Å². The maximum atomic E-state index is 5.33. The SMILES string of the molecule is CCNC(=NCCCOCC)NCCCCN1CCN(C)CC1.I. The van der Waals surface area contributed by atoms with Crippen molar-refractivity contribution in [2.24, 2.45) is 4.99 Å². The fourth-order valence-corrected chi connectivity index (χ4v) is 2.58. The Labute approximate surface area is 165 Å². The van der Waals surface area contributed by atoms with E-state index in [-0.39, 0.29) is 24.0 Å². The van der Waals surface area contributed by atoms with E-state index in [9.17, 15) is 0 Å². The highest BCUT2D eigenvalue weighted by molar-refractivity contribution is 14.0. The number of ether oxygens (including phenoxy) is 1. The number of guanidine groups is 1. The second-order valence-electron chi connectivity index (χ2n) is 6.09. The van der Waals surface area contributed by atoms with Gasteiger partial charge in [0.25, 0.3) is 0 Å². The number of hydrogen-bond donors (Lipinski definition) is 2. The van der Waals surface area contributed by atoms with E-state index in [4.69, 9.17) is 4.74 Å². The third kappa shape index (κ3) is 12.3. The van der Waals surface area contributed by atoms with Gasteiger partial charge in [0.2, 0.25) is 0 Å². The standard InChI is InChI=1S/C17H37N5O.HI/c1-4-18-17(20-10-8-16-23-5-2)19-9-6-7-11-22-14-12-21(3)13-15-22;/h4-16H2,1-3H3,(H2,18,19,20);1H. The molecule has 0 radical (unpaired) electrons. The van der Waals surface area contributed by atoms with Crippen molar-refractivity contribution < 1.29 is 4.74 Å². The molecule has 1 aliphatic rings. The number of nitrogens with zero attached hydrogens (tertiary/aromatic N) is 3. The molecule has 1 heterocycles. The molecule has 0 atom stereocenters. The summed E-state index contributed by atoms with van der Waals surface area (Å²) >= 11 is 0. The molecule has 1 fully saturated rings. The quantitative estimate of drug-likeness (QED) is 0.215. The summed E-state index contributed by atoms with van der Waals surface area (Å²) in [6.07, 6.45) is 3.42. The monoisotopic (exact) mass is 455 g/mol. The van der Waals surface area contributed by atoms with Gasteiger partial charge < -0.3 is 25.2 Å². The highest BCUT2D eigenvalue weighted by atomic mass is 127. The van der Waals surface area contributed by atoms with Crippen molar-refractivity contribution in [3.05, 3.63) is 0 Å². The zero-order valence-electron chi connectivity index (χ0n) is 15.9. The molecule has 0 aromatic carbocycles. The van der Waals surface area contributed by atoms with Crippen molar-refractivity contribution in [3.8, 4) is 0 Å². The Balaban J connectivity index is 0.00000529. The fourth-order valence-electron chi connectivity index (χ4n) is 2.58. The van der Waals surface area contributed by atoms with Crippen LogP contribution in [0.4, 0.5) is 0 Å². The molecule has 0 spiro atoms. The van der Waals surface area contributed by atoms with Gasteiger partial charge in [0.05, 0.1) is 0 Å². The van der Waals surface area contributed by atoms with E-state index in [1.54, 1.807) is 0 Å². The van der Waals surface area contributed by atoms with E-state index < -0.39 is 0 Å². The minimum atomic E-state index is 0. The summed E-state index contributed by atoms with van der Waals surface area (Å²) < 4.78 is 5.33. The van der Waals surface area contributed by atoms with Gasteiger partial charge in [0.1, 0.15) is 0 Å². The molecule has 0 aromatic rings. The molecule has 144 valence electrons. The lowest BCUT2D eigenvalue weighted by atomic mass is 10.2. The number of rotatable bonds is 11. The summed E-state index contributed by atoms with van der Waals surface area (Å²) in [4.78, 5) is 9.56. The lowest BCUT2D eigenvalue weighted by molar-refractivity contribution is 0.146. The molecule has 0 aromatic heterocycles. The zero-order valence-corrected chi connectivity index (χ0v) is 18.2. The maximum absolute atomic E-state index is 5.33. The molecule has 2 N–H and O–H groups in total. The van der Waals surface area contributed by atoms with Gasteiger partial charge in [0.15, 0.2) is 5.96 Å². The van der Waals surface area contributed by atoms with Crippen molar-refractivity contribution in [1.29, 1.82) is 0 Å². The van der Waals surface area contributed by atoms with Gasteiger partial charge in [-0.2, -0.15) is 0 Å². The summed E-state index contributed by atoms with van der Waals surface area (Å²) in [6, 6.07) is 0. The van der Waals surface area contributed by atoms with Crippen molar-refractivity contribution in [2.45, 2.75) is 33.1 Å². The summed E-state index contributed by atoms with van der Waals surface area (Å²) in [6.45, 7) is 14.5. The molecule has 24 heavy (non-hydrogen) atoms. The van der Waals surface area contributed by atoms with E-state index in [1.165, 1.54) is 45.6 Å². The Morgan fingerprint density at radius 2 is 1.79 bits per heavy atom. The maximum Gasteiger partial charge on any atom is 0.191 e. The van der Waals surface area contributed by atoms with E-state index in [2.05, 4.69) is 39.4 Å². The van der Waals surface area contributed by atoms with Crippen LogP contribution >= 0.6 is 24.0 Å². The molecule has 0 bridgehead atoms. The van der Waals surface area contributed by atoms with Crippen LogP contribution in [-0.4, -0.2) is 88.4 Å². The number of piperazine rings is 1. The summed E-state index contributed by atoms with van der Waals surface area (Å²) in [5.74, 6) is 0.934. The Bertz CT molecular complexity index is 309. The van der Waals surface area contributed by atoms with Gasteiger partial charge in [-0.3, -0.25) is 4.99 Å². The third-order valence-electron chi connectivity index (χ3n) is 4.05. The average Bonchev–Trinajstić information content (AvgIpc) is 2.56. The lowest BCUT2D eigenvalue weighted by Crippen LogP contribution is -2.44. The van der Waals surface area contributed by atoms with Crippen LogP contribution in [0.15, 0.2) is 4.99 Å². The largest absolute Gasteiger partial charge is 0.382 e. The van der Waals surface area contributed by atoms with E-state index in [0.29, 0.717) is 0 Å². The molecule has 0 unspecified atom stereocenters. The number of hydrogen-bond acceptors (Lipinski definition) is 4. The Kier molecular flexibility index (Phi) is 16.3. The highest BCUT2D eigenvalue weighted by Gasteiger charge is 2.12. The number of aliphatic imine (C=N–C) groups is 1. The number of likely N-dealkylation sites (N-methyl/N-ethyl adjacent to an activating group) is 1. The predicted molar refractivity (Wildman–Crippen MR) is 114 cm³/mol. The van der Waals surface area contributed by atoms with Crippen LogP contribution in [0.1, 0.15) is 33.1 Å². The molecule has 1 saturated heterocycles. The lowest BCUT2D eigenvalue weighted by Gasteiger charge is -2.32. The average molecular weight is 455 g/mol. The smallest absolute Gasteiger partial charge is 0.191 e. The summed E-state index contributed by atoms with van der Waals surface area (Å²) in [5, 5.41) is 6.73. The van der Waals surface area contributed by atoms with Crippen molar-refractivity contribution in [3.63, 3.8) is 0 Å². The minimum absolute atomic E-state index is 0. The zero-order chi connectivity index (χ0) is 16.8. The van der Waals surface area contributed by atoms with Crippen LogP contribution in [0.3, 0.4) is 0 Å². The van der Waals surface area contributed by atoms with Crippen molar-refractivity contribution in [2.75, 3.05) is 72.6 Å². The Hall–Kier alpha value is -0.120. The fraction of sp³-hybridized carbons (Fsp3) is 0.941. The summed E-state index contributed by atoms with van der Waals surface area (Å²) in [5.41, 5.74) is 0. The van der Waals surface area contributed by atoms with Crippen LogP contribution in [0.2, 0.25) is 0 Å². The number of halogens is 1. The molecule has 0 aliphatic carbocycles. The highest BCUT2D eigenvalue weighted by Crippen LogP contribution is 2.01. The minimum Gasteiger partial charge on any atom is -0.382 e. The first-order chi connectivity index (χ1) is 11.3. The van der Waals surface area contributed by atoms with Crippen LogP contribution in [0.25, 0.3) is 0 Å². The normalized spacial score (nSPS) is 16.7. The van der Waals surface area contributed by atoms with Gasteiger partial charge in [0, 0.05) is 59.0 Å². The van der Waals surface area contributed by atoms with Gasteiger partial charge >= 0.3 is 0 Å². The molecular formula is C17H38IN5O. The van der Waals surface area contributed by atoms with Crippen LogP contribution in [-0.2, 0) is 4.74 Å². The van der Waals surface area contributed by atoms with Gasteiger partial charge in [-0.05, 0) is 46.7 Å². The second kappa shape index (κ2) is 16.4. The first-order valence-corrected chi connectivity index (χ1v) is 9.27. The molecule has 1 aliphatic heterocycles. The van der Waals surface area contributed by atoms with E-state index >= 15 is 0 Å². The third-order valence-corrected chi connectivity index (χ3v) is 4.05. The molecule has 1 rings (SSSR count). The topological polar surface area (TPSA) is 52.1 Å². The predicted octanol–water partition coefficient (Wildman–Crippen LogP) is 1.61. The second-order valence-corrected chi connectivity index (χ2v) is 6.09. The van der Waals surface area contributed by atoms with Crippen LogP contribution in [0, 0.1) is 0 Å². The molecular weight excluding hydrogens is 417 g/mol. The van der Waals surface area contributed by atoms with Gasteiger partial charge in [-0.15, -0.1) is 24.0 Å². The first-order valence-electron chi connectivity index (χ1n) is 9.27. The first kappa shape index (κ1) is 23.9. The molecule has 0 amide bonds. The molecule has 6 nitrogen and oxygen atoms in total. The van der Waals surface area contributed by atoms with Crippen molar-refractivity contribution in [1.82, 2.24) is 20.4 Å². The van der Waals surface area contributed by atoms with E-state index in [1.807, 2.05) is 6.92 Å². The molecule has 0 saturated carbocycles. The van der Waals surface area contributed by atoms with Crippen molar-refractivity contribution >= 4 is 29.9 Å².